The smallest absolute Gasteiger partial charge is 0.125 e. The van der Waals surface area contributed by atoms with E-state index in [0.717, 1.165) is 24.7 Å². The van der Waals surface area contributed by atoms with Crippen molar-refractivity contribution in [3.8, 4) is 0 Å². The van der Waals surface area contributed by atoms with Crippen molar-refractivity contribution in [1.82, 2.24) is 9.55 Å². The van der Waals surface area contributed by atoms with Gasteiger partial charge in [-0.2, -0.15) is 0 Å². The Kier molecular flexibility index (Phi) is 2.12. The Morgan fingerprint density at radius 2 is 2.46 bits per heavy atom. The zero-order valence-electron chi connectivity index (χ0n) is 8.33. The molecule has 1 aliphatic heterocycles. The van der Waals surface area contributed by atoms with E-state index in [-0.39, 0.29) is 6.04 Å². The summed E-state index contributed by atoms with van der Waals surface area (Å²) >= 11 is 0. The third kappa shape index (κ3) is 1.48. The standard InChI is InChI=1S/C10H17N3/c1-7-3-4-13-9(5-7)6-12-10(13)8(2)11/h6-8H,3-5,11H2,1-2H3. The first-order valence-electron chi connectivity index (χ1n) is 4.98. The fourth-order valence-corrected chi connectivity index (χ4v) is 2.02. The van der Waals surface area contributed by atoms with Gasteiger partial charge in [0.25, 0.3) is 0 Å². The van der Waals surface area contributed by atoms with Gasteiger partial charge in [0.1, 0.15) is 5.82 Å². The molecular weight excluding hydrogens is 162 g/mol. The van der Waals surface area contributed by atoms with Crippen LogP contribution in [-0.2, 0) is 13.0 Å². The molecule has 2 heterocycles. The Morgan fingerprint density at radius 3 is 3.15 bits per heavy atom. The van der Waals surface area contributed by atoms with Crippen LogP contribution in [0.15, 0.2) is 6.20 Å². The van der Waals surface area contributed by atoms with Gasteiger partial charge in [0.15, 0.2) is 0 Å². The first-order valence-corrected chi connectivity index (χ1v) is 4.98. The van der Waals surface area contributed by atoms with Gasteiger partial charge in [-0.15, -0.1) is 0 Å². The highest BCUT2D eigenvalue weighted by Gasteiger charge is 2.19. The Bertz CT molecular complexity index is 301. The van der Waals surface area contributed by atoms with Crippen LogP contribution in [0.1, 0.15) is 37.8 Å². The Balaban J connectivity index is 2.33. The Hall–Kier alpha value is -0.830. The average Bonchev–Trinajstić information content (AvgIpc) is 2.46. The molecule has 0 saturated carbocycles. The highest BCUT2D eigenvalue weighted by molar-refractivity contribution is 5.10. The lowest BCUT2D eigenvalue weighted by molar-refractivity contribution is 0.404. The first-order chi connectivity index (χ1) is 6.18. The molecule has 0 amide bonds. The van der Waals surface area contributed by atoms with E-state index in [4.69, 9.17) is 5.73 Å². The molecule has 3 nitrogen and oxygen atoms in total. The van der Waals surface area contributed by atoms with Gasteiger partial charge < -0.3 is 10.3 Å². The molecule has 2 N–H and O–H groups in total. The van der Waals surface area contributed by atoms with Gasteiger partial charge in [-0.25, -0.2) is 4.98 Å². The lowest BCUT2D eigenvalue weighted by atomic mass is 9.98. The first kappa shape index (κ1) is 8.75. The van der Waals surface area contributed by atoms with Crippen LogP contribution in [0.4, 0.5) is 0 Å². The number of rotatable bonds is 1. The Morgan fingerprint density at radius 1 is 1.69 bits per heavy atom. The van der Waals surface area contributed by atoms with E-state index < -0.39 is 0 Å². The van der Waals surface area contributed by atoms with Crippen molar-refractivity contribution in [2.45, 2.75) is 39.3 Å². The van der Waals surface area contributed by atoms with Crippen LogP contribution in [0.25, 0.3) is 0 Å². The molecule has 0 saturated heterocycles. The highest BCUT2D eigenvalue weighted by Crippen LogP contribution is 2.23. The summed E-state index contributed by atoms with van der Waals surface area (Å²) in [6, 6.07) is 0.0576. The number of imidazole rings is 1. The molecule has 2 atom stereocenters. The molecule has 0 bridgehead atoms. The zero-order valence-corrected chi connectivity index (χ0v) is 8.33. The summed E-state index contributed by atoms with van der Waals surface area (Å²) in [6.45, 7) is 5.38. The molecular formula is C10H17N3. The van der Waals surface area contributed by atoms with E-state index in [0.29, 0.717) is 0 Å². The maximum absolute atomic E-state index is 5.83. The minimum atomic E-state index is 0.0576. The van der Waals surface area contributed by atoms with Gasteiger partial charge in [0.2, 0.25) is 0 Å². The summed E-state index contributed by atoms with van der Waals surface area (Å²) in [5.74, 6) is 1.84. The molecule has 0 radical (unpaired) electrons. The van der Waals surface area contributed by atoms with Crippen LogP contribution in [0, 0.1) is 5.92 Å². The SMILES string of the molecule is CC1CCn2c(cnc2C(C)N)C1. The summed E-state index contributed by atoms with van der Waals surface area (Å²) in [5, 5.41) is 0. The maximum Gasteiger partial charge on any atom is 0.125 e. The van der Waals surface area contributed by atoms with Crippen molar-refractivity contribution in [1.29, 1.82) is 0 Å². The fourth-order valence-electron chi connectivity index (χ4n) is 2.02. The van der Waals surface area contributed by atoms with Crippen LogP contribution in [-0.4, -0.2) is 9.55 Å². The van der Waals surface area contributed by atoms with Gasteiger partial charge in [-0.3, -0.25) is 0 Å². The quantitative estimate of drug-likeness (QED) is 0.709. The molecule has 0 aliphatic carbocycles. The summed E-state index contributed by atoms with van der Waals surface area (Å²) in [4.78, 5) is 4.37. The van der Waals surface area contributed by atoms with Crippen molar-refractivity contribution >= 4 is 0 Å². The third-order valence-electron chi connectivity index (χ3n) is 2.78. The molecule has 1 aromatic rings. The number of hydrogen-bond acceptors (Lipinski definition) is 2. The lowest BCUT2D eigenvalue weighted by Gasteiger charge is -2.22. The van der Waals surface area contributed by atoms with Gasteiger partial charge in [-0.1, -0.05) is 6.92 Å². The average molecular weight is 179 g/mol. The molecule has 1 aliphatic rings. The monoisotopic (exact) mass is 179 g/mol. The summed E-state index contributed by atoms with van der Waals surface area (Å²) in [7, 11) is 0. The van der Waals surface area contributed by atoms with Crippen molar-refractivity contribution in [3.63, 3.8) is 0 Å². The van der Waals surface area contributed by atoms with E-state index in [9.17, 15) is 0 Å². The topological polar surface area (TPSA) is 43.8 Å². The van der Waals surface area contributed by atoms with Gasteiger partial charge >= 0.3 is 0 Å². The van der Waals surface area contributed by atoms with E-state index in [2.05, 4.69) is 16.5 Å². The highest BCUT2D eigenvalue weighted by atomic mass is 15.1. The van der Waals surface area contributed by atoms with Gasteiger partial charge in [0, 0.05) is 18.4 Å². The lowest BCUT2D eigenvalue weighted by Crippen LogP contribution is -2.21. The molecule has 0 fully saturated rings. The van der Waals surface area contributed by atoms with E-state index >= 15 is 0 Å². The zero-order chi connectivity index (χ0) is 9.42. The van der Waals surface area contributed by atoms with Gasteiger partial charge in [0.05, 0.1) is 6.04 Å². The largest absolute Gasteiger partial charge is 0.331 e. The number of fused-ring (bicyclic) bond motifs is 1. The molecule has 0 spiro atoms. The molecule has 0 aromatic carbocycles. The van der Waals surface area contributed by atoms with Crippen molar-refractivity contribution < 1.29 is 0 Å². The van der Waals surface area contributed by atoms with E-state index in [1.165, 1.54) is 12.1 Å². The van der Waals surface area contributed by atoms with Crippen LogP contribution < -0.4 is 5.73 Å². The molecule has 2 rings (SSSR count). The number of aromatic nitrogens is 2. The second-order valence-electron chi connectivity index (χ2n) is 4.15. The number of nitrogens with two attached hydrogens (primary N) is 1. The van der Waals surface area contributed by atoms with Gasteiger partial charge in [-0.05, 0) is 25.7 Å². The van der Waals surface area contributed by atoms with E-state index in [1.807, 2.05) is 13.1 Å². The second kappa shape index (κ2) is 3.14. The summed E-state index contributed by atoms with van der Waals surface area (Å²) < 4.78 is 2.28. The molecule has 1 aromatic heterocycles. The van der Waals surface area contributed by atoms with Crippen molar-refractivity contribution in [2.24, 2.45) is 11.7 Å². The minimum absolute atomic E-state index is 0.0576. The summed E-state index contributed by atoms with van der Waals surface area (Å²) in [5.41, 5.74) is 7.19. The van der Waals surface area contributed by atoms with Crippen molar-refractivity contribution in [2.75, 3.05) is 0 Å². The van der Waals surface area contributed by atoms with E-state index in [1.54, 1.807) is 0 Å². The number of nitrogens with zero attached hydrogens (tertiary/aromatic N) is 2. The predicted octanol–water partition coefficient (Wildman–Crippen LogP) is 1.49. The molecule has 13 heavy (non-hydrogen) atoms. The third-order valence-corrected chi connectivity index (χ3v) is 2.78. The van der Waals surface area contributed by atoms with Crippen LogP contribution in [0.2, 0.25) is 0 Å². The maximum atomic E-state index is 5.83. The molecule has 72 valence electrons. The Labute approximate surface area is 79.0 Å². The van der Waals surface area contributed by atoms with Crippen LogP contribution in [0.5, 0.6) is 0 Å². The fraction of sp³-hybridized carbons (Fsp3) is 0.700. The van der Waals surface area contributed by atoms with Crippen LogP contribution in [0.3, 0.4) is 0 Å². The second-order valence-corrected chi connectivity index (χ2v) is 4.15. The normalized spacial score (nSPS) is 24.1. The minimum Gasteiger partial charge on any atom is -0.331 e. The predicted molar refractivity (Wildman–Crippen MR) is 52.3 cm³/mol. The van der Waals surface area contributed by atoms with Crippen molar-refractivity contribution in [3.05, 3.63) is 17.7 Å². The number of hydrogen-bond donors (Lipinski definition) is 1. The summed E-state index contributed by atoms with van der Waals surface area (Å²) in [6.07, 6.45) is 4.39. The molecule has 3 heteroatoms. The van der Waals surface area contributed by atoms with Crippen LogP contribution >= 0.6 is 0 Å². The molecule has 2 unspecified atom stereocenters.